The highest BCUT2D eigenvalue weighted by molar-refractivity contribution is 5.88. The topological polar surface area (TPSA) is 49.4 Å². The summed E-state index contributed by atoms with van der Waals surface area (Å²) in [5, 5.41) is 2.87. The highest BCUT2D eigenvalue weighted by Crippen LogP contribution is 2.15. The molecular weight excluding hydrogens is 336 g/mol. The smallest absolute Gasteiger partial charge is 0.242 e. The molecule has 2 aromatic rings. The summed E-state index contributed by atoms with van der Waals surface area (Å²) in [5.74, 6) is -0.123. The maximum atomic E-state index is 13.1. The lowest BCUT2D eigenvalue weighted by Crippen LogP contribution is -2.49. The van der Waals surface area contributed by atoms with E-state index in [1.165, 1.54) is 5.56 Å². The summed E-state index contributed by atoms with van der Waals surface area (Å²) in [6.45, 7) is 8.88. The number of carbonyl (C=O) groups excluding carboxylic acids is 2. The van der Waals surface area contributed by atoms with Crippen molar-refractivity contribution in [3.8, 4) is 0 Å². The average molecular weight is 367 g/mol. The fourth-order valence-corrected chi connectivity index (χ4v) is 3.08. The summed E-state index contributed by atoms with van der Waals surface area (Å²) in [6, 6.07) is 15.6. The fraction of sp³-hybridized carbons (Fsp3) is 0.391. The van der Waals surface area contributed by atoms with Gasteiger partial charge in [0, 0.05) is 13.1 Å². The number of likely N-dealkylation sites (N-methyl/N-ethyl adjacent to an activating group) is 1. The van der Waals surface area contributed by atoms with E-state index in [1.54, 1.807) is 4.90 Å². The van der Waals surface area contributed by atoms with Gasteiger partial charge in [0.25, 0.3) is 0 Å². The molecule has 27 heavy (non-hydrogen) atoms. The Morgan fingerprint density at radius 2 is 1.41 bits per heavy atom. The minimum absolute atomic E-state index is 0.0301. The highest BCUT2D eigenvalue weighted by Gasteiger charge is 2.28. The molecule has 0 aromatic heterocycles. The zero-order chi connectivity index (χ0) is 19.8. The SMILES string of the molecule is CCNC(=O)[C@@H](CC)N(Cc1ccc(C)cc1)C(=O)Cc1ccc(C)cc1. The van der Waals surface area contributed by atoms with Gasteiger partial charge in [-0.25, -0.2) is 0 Å². The first-order valence-electron chi connectivity index (χ1n) is 9.62. The van der Waals surface area contributed by atoms with Crippen molar-refractivity contribution in [1.29, 1.82) is 0 Å². The van der Waals surface area contributed by atoms with Gasteiger partial charge in [0.1, 0.15) is 6.04 Å². The summed E-state index contributed by atoms with van der Waals surface area (Å²) in [5.41, 5.74) is 4.33. The van der Waals surface area contributed by atoms with Gasteiger partial charge < -0.3 is 10.2 Å². The molecule has 0 spiro atoms. The van der Waals surface area contributed by atoms with Crippen LogP contribution in [0.25, 0.3) is 0 Å². The Hall–Kier alpha value is -2.62. The molecule has 0 aliphatic carbocycles. The van der Waals surface area contributed by atoms with Crippen LogP contribution in [0.1, 0.15) is 42.5 Å². The molecule has 0 unspecified atom stereocenters. The van der Waals surface area contributed by atoms with Gasteiger partial charge in [0.15, 0.2) is 0 Å². The lowest BCUT2D eigenvalue weighted by Gasteiger charge is -2.30. The van der Waals surface area contributed by atoms with E-state index in [-0.39, 0.29) is 11.8 Å². The number of aryl methyl sites for hydroxylation is 2. The molecule has 0 saturated heterocycles. The van der Waals surface area contributed by atoms with Gasteiger partial charge in [-0.15, -0.1) is 0 Å². The molecule has 0 fully saturated rings. The van der Waals surface area contributed by atoms with Gasteiger partial charge in [-0.05, 0) is 38.3 Å². The zero-order valence-corrected chi connectivity index (χ0v) is 16.8. The molecule has 0 aliphatic heterocycles. The minimum Gasteiger partial charge on any atom is -0.355 e. The van der Waals surface area contributed by atoms with Crippen LogP contribution in [0.3, 0.4) is 0 Å². The first-order valence-corrected chi connectivity index (χ1v) is 9.62. The summed E-state index contributed by atoms with van der Waals surface area (Å²) >= 11 is 0. The number of amides is 2. The van der Waals surface area contributed by atoms with Crippen molar-refractivity contribution in [2.24, 2.45) is 0 Å². The molecule has 2 aromatic carbocycles. The predicted octanol–water partition coefficient (Wildman–Crippen LogP) is 3.79. The summed E-state index contributed by atoms with van der Waals surface area (Å²) in [4.78, 5) is 27.4. The van der Waals surface area contributed by atoms with Crippen LogP contribution in [0, 0.1) is 13.8 Å². The van der Waals surface area contributed by atoms with Crippen LogP contribution in [0.5, 0.6) is 0 Å². The van der Waals surface area contributed by atoms with Crippen molar-refractivity contribution in [2.45, 2.75) is 53.1 Å². The number of nitrogens with one attached hydrogen (secondary N) is 1. The Bertz CT molecular complexity index is 751. The van der Waals surface area contributed by atoms with E-state index < -0.39 is 6.04 Å². The number of rotatable bonds is 8. The molecule has 1 atom stereocenters. The minimum atomic E-state index is -0.468. The molecule has 2 amide bonds. The van der Waals surface area contributed by atoms with Gasteiger partial charge in [-0.2, -0.15) is 0 Å². The first kappa shape index (κ1) is 20.7. The second kappa shape index (κ2) is 9.91. The number of hydrogen-bond acceptors (Lipinski definition) is 2. The van der Waals surface area contributed by atoms with Crippen molar-refractivity contribution in [3.63, 3.8) is 0 Å². The molecule has 1 N–H and O–H groups in total. The molecule has 0 aliphatic rings. The summed E-state index contributed by atoms with van der Waals surface area (Å²) < 4.78 is 0. The van der Waals surface area contributed by atoms with Gasteiger partial charge in [-0.3, -0.25) is 9.59 Å². The van der Waals surface area contributed by atoms with E-state index in [0.29, 0.717) is 25.9 Å². The summed E-state index contributed by atoms with van der Waals surface area (Å²) in [7, 11) is 0. The number of hydrogen-bond donors (Lipinski definition) is 1. The Kier molecular flexibility index (Phi) is 7.59. The van der Waals surface area contributed by atoms with E-state index in [0.717, 1.165) is 16.7 Å². The van der Waals surface area contributed by atoms with Crippen molar-refractivity contribution in [3.05, 3.63) is 70.8 Å². The normalized spacial score (nSPS) is 11.7. The second-order valence-electron chi connectivity index (χ2n) is 6.99. The van der Waals surface area contributed by atoms with Crippen LogP contribution < -0.4 is 5.32 Å². The molecule has 0 radical (unpaired) electrons. The second-order valence-corrected chi connectivity index (χ2v) is 6.99. The standard InChI is InChI=1S/C23H30N2O2/c1-5-21(23(27)24-6-2)25(16-20-13-9-18(4)10-14-20)22(26)15-19-11-7-17(3)8-12-19/h7-14,21H,5-6,15-16H2,1-4H3,(H,24,27)/t21-/m1/s1. The molecule has 0 saturated carbocycles. The molecular formula is C23H30N2O2. The van der Waals surface area contributed by atoms with Crippen molar-refractivity contribution < 1.29 is 9.59 Å². The Morgan fingerprint density at radius 1 is 0.889 bits per heavy atom. The van der Waals surface area contributed by atoms with Crippen molar-refractivity contribution >= 4 is 11.8 Å². The zero-order valence-electron chi connectivity index (χ0n) is 16.8. The van der Waals surface area contributed by atoms with E-state index in [1.807, 2.05) is 76.2 Å². The maximum absolute atomic E-state index is 13.1. The van der Waals surface area contributed by atoms with Crippen LogP contribution in [-0.4, -0.2) is 29.3 Å². The Balaban J connectivity index is 2.25. The van der Waals surface area contributed by atoms with E-state index in [9.17, 15) is 9.59 Å². The molecule has 2 rings (SSSR count). The fourth-order valence-electron chi connectivity index (χ4n) is 3.08. The lowest BCUT2D eigenvalue weighted by molar-refractivity contribution is -0.140. The van der Waals surface area contributed by atoms with Crippen LogP contribution in [0.4, 0.5) is 0 Å². The Morgan fingerprint density at radius 3 is 1.89 bits per heavy atom. The maximum Gasteiger partial charge on any atom is 0.242 e. The third-order valence-electron chi connectivity index (χ3n) is 4.69. The molecule has 144 valence electrons. The lowest BCUT2D eigenvalue weighted by atomic mass is 10.1. The predicted molar refractivity (Wildman–Crippen MR) is 109 cm³/mol. The van der Waals surface area contributed by atoms with Crippen LogP contribution in [-0.2, 0) is 22.6 Å². The van der Waals surface area contributed by atoms with E-state index >= 15 is 0 Å². The number of nitrogens with zero attached hydrogens (tertiary/aromatic N) is 1. The quantitative estimate of drug-likeness (QED) is 0.773. The highest BCUT2D eigenvalue weighted by atomic mass is 16.2. The number of carbonyl (C=O) groups is 2. The number of benzene rings is 2. The largest absolute Gasteiger partial charge is 0.355 e. The summed E-state index contributed by atoms with van der Waals surface area (Å²) in [6.07, 6.45) is 0.874. The van der Waals surface area contributed by atoms with Crippen molar-refractivity contribution in [2.75, 3.05) is 6.54 Å². The van der Waals surface area contributed by atoms with Crippen molar-refractivity contribution in [1.82, 2.24) is 10.2 Å². The molecule has 0 bridgehead atoms. The third-order valence-corrected chi connectivity index (χ3v) is 4.69. The monoisotopic (exact) mass is 366 g/mol. The average Bonchev–Trinajstić information content (AvgIpc) is 2.65. The van der Waals surface area contributed by atoms with Crippen LogP contribution in [0.2, 0.25) is 0 Å². The third kappa shape index (κ3) is 5.95. The van der Waals surface area contributed by atoms with Gasteiger partial charge in [-0.1, -0.05) is 66.6 Å². The first-order chi connectivity index (χ1) is 12.9. The van der Waals surface area contributed by atoms with E-state index in [2.05, 4.69) is 5.32 Å². The van der Waals surface area contributed by atoms with E-state index in [4.69, 9.17) is 0 Å². The van der Waals surface area contributed by atoms with Gasteiger partial charge >= 0.3 is 0 Å². The van der Waals surface area contributed by atoms with Gasteiger partial charge in [0.05, 0.1) is 6.42 Å². The van der Waals surface area contributed by atoms with Crippen LogP contribution >= 0.6 is 0 Å². The molecule has 0 heterocycles. The van der Waals surface area contributed by atoms with Crippen LogP contribution in [0.15, 0.2) is 48.5 Å². The molecule has 4 heteroatoms. The van der Waals surface area contributed by atoms with Gasteiger partial charge in [0.2, 0.25) is 11.8 Å². The molecule has 4 nitrogen and oxygen atoms in total. The Labute approximate surface area is 162 Å².